The summed E-state index contributed by atoms with van der Waals surface area (Å²) in [6.45, 7) is 5.14. The summed E-state index contributed by atoms with van der Waals surface area (Å²) >= 11 is 6.03. The standard InChI is InChI=1S/C23H27ClN4O3/c1-16-11-17(5-6-18(16)24)31-12-21(29)27-23-13-22(14-23,15-23)26-19-3-2-4-20(25-19)28-7-9-30-10-8-28/h2-6,11H,7-10,12-15H2,1H3,(H,25,26)(H,27,29). The summed E-state index contributed by atoms with van der Waals surface area (Å²) in [6, 6.07) is 11.5. The monoisotopic (exact) mass is 442 g/mol. The Kier molecular flexibility index (Phi) is 5.18. The number of aromatic nitrogens is 1. The smallest absolute Gasteiger partial charge is 0.258 e. The van der Waals surface area contributed by atoms with Crippen molar-refractivity contribution in [1.82, 2.24) is 10.3 Å². The van der Waals surface area contributed by atoms with E-state index in [0.717, 1.165) is 62.8 Å². The number of carbonyl (C=O) groups is 1. The average molecular weight is 443 g/mol. The lowest BCUT2D eigenvalue weighted by Gasteiger charge is -2.70. The zero-order valence-electron chi connectivity index (χ0n) is 17.6. The van der Waals surface area contributed by atoms with Crippen molar-refractivity contribution in [3.63, 3.8) is 0 Å². The molecule has 2 bridgehead atoms. The number of nitrogens with zero attached hydrogens (tertiary/aromatic N) is 2. The number of hydrogen-bond donors (Lipinski definition) is 2. The maximum atomic E-state index is 12.4. The second-order valence-corrected chi connectivity index (χ2v) is 9.35. The SMILES string of the molecule is Cc1cc(OCC(=O)NC23CC(Nc4cccc(N5CCOCC5)n4)(C2)C3)ccc1Cl. The summed E-state index contributed by atoms with van der Waals surface area (Å²) in [7, 11) is 0. The molecule has 0 atom stereocenters. The number of rotatable bonds is 7. The highest BCUT2D eigenvalue weighted by Crippen LogP contribution is 2.61. The van der Waals surface area contributed by atoms with Gasteiger partial charge in [0.05, 0.1) is 13.2 Å². The molecule has 164 valence electrons. The number of anilines is 2. The molecule has 3 saturated carbocycles. The number of amides is 1. The van der Waals surface area contributed by atoms with E-state index in [-0.39, 0.29) is 23.6 Å². The molecule has 1 aromatic carbocycles. The van der Waals surface area contributed by atoms with Crippen molar-refractivity contribution < 1.29 is 14.3 Å². The molecular formula is C23H27ClN4O3. The Hall–Kier alpha value is -2.51. The minimum absolute atomic E-state index is 0.00635. The molecule has 0 unspecified atom stereocenters. The molecule has 1 aromatic heterocycles. The Bertz CT molecular complexity index is 973. The first-order valence-electron chi connectivity index (χ1n) is 10.7. The molecule has 4 aliphatic rings. The topological polar surface area (TPSA) is 75.7 Å². The predicted octanol–water partition coefficient (Wildman–Crippen LogP) is 3.16. The first-order chi connectivity index (χ1) is 14.9. The number of nitrogens with one attached hydrogen (secondary N) is 2. The summed E-state index contributed by atoms with van der Waals surface area (Å²) < 4.78 is 11.0. The highest BCUT2D eigenvalue weighted by Gasteiger charge is 2.68. The van der Waals surface area contributed by atoms with Crippen LogP contribution in [0.4, 0.5) is 11.6 Å². The molecule has 3 aliphatic carbocycles. The van der Waals surface area contributed by atoms with Gasteiger partial charge in [0, 0.05) is 29.2 Å². The van der Waals surface area contributed by atoms with Gasteiger partial charge in [-0.3, -0.25) is 4.79 Å². The van der Waals surface area contributed by atoms with Crippen molar-refractivity contribution >= 4 is 29.1 Å². The van der Waals surface area contributed by atoms with Crippen LogP contribution >= 0.6 is 11.6 Å². The van der Waals surface area contributed by atoms with Crippen LogP contribution in [0, 0.1) is 6.92 Å². The van der Waals surface area contributed by atoms with Crippen LogP contribution in [0.2, 0.25) is 5.02 Å². The lowest BCUT2D eigenvalue weighted by molar-refractivity contribution is -0.135. The van der Waals surface area contributed by atoms with E-state index in [9.17, 15) is 4.79 Å². The van der Waals surface area contributed by atoms with Gasteiger partial charge in [0.1, 0.15) is 17.4 Å². The summed E-state index contributed by atoms with van der Waals surface area (Å²) in [5.74, 6) is 2.44. The van der Waals surface area contributed by atoms with Crippen LogP contribution in [0.15, 0.2) is 36.4 Å². The largest absolute Gasteiger partial charge is 0.484 e. The number of morpholine rings is 1. The van der Waals surface area contributed by atoms with Gasteiger partial charge in [-0.2, -0.15) is 0 Å². The zero-order chi connectivity index (χ0) is 21.5. The van der Waals surface area contributed by atoms with E-state index in [1.54, 1.807) is 12.1 Å². The fraction of sp³-hybridized carbons (Fsp3) is 0.478. The number of carbonyl (C=O) groups excluding carboxylic acids is 1. The van der Waals surface area contributed by atoms with Gasteiger partial charge in [0.2, 0.25) is 0 Å². The average Bonchev–Trinajstić information content (AvgIpc) is 2.73. The normalized spacial score (nSPS) is 26.5. The summed E-state index contributed by atoms with van der Waals surface area (Å²) in [6.07, 6.45) is 2.74. The van der Waals surface area contributed by atoms with Gasteiger partial charge in [-0.15, -0.1) is 0 Å². The zero-order valence-corrected chi connectivity index (χ0v) is 18.4. The van der Waals surface area contributed by atoms with Gasteiger partial charge in [-0.05, 0) is 62.1 Å². The van der Waals surface area contributed by atoms with Crippen LogP contribution in [0.1, 0.15) is 24.8 Å². The van der Waals surface area contributed by atoms with E-state index in [2.05, 4.69) is 15.5 Å². The molecule has 31 heavy (non-hydrogen) atoms. The molecular weight excluding hydrogens is 416 g/mol. The highest BCUT2D eigenvalue weighted by molar-refractivity contribution is 6.31. The van der Waals surface area contributed by atoms with Crippen molar-refractivity contribution in [2.45, 2.75) is 37.3 Å². The van der Waals surface area contributed by atoms with Crippen LogP contribution in [0.5, 0.6) is 5.75 Å². The number of aryl methyl sites for hydroxylation is 1. The van der Waals surface area contributed by atoms with E-state index in [4.69, 9.17) is 26.1 Å². The van der Waals surface area contributed by atoms with Crippen molar-refractivity contribution in [3.8, 4) is 5.75 Å². The second-order valence-electron chi connectivity index (χ2n) is 8.94. The van der Waals surface area contributed by atoms with Crippen LogP contribution in [0.25, 0.3) is 0 Å². The molecule has 6 rings (SSSR count). The minimum Gasteiger partial charge on any atom is -0.484 e. The Morgan fingerprint density at radius 2 is 1.97 bits per heavy atom. The van der Waals surface area contributed by atoms with Crippen LogP contribution in [-0.4, -0.2) is 54.9 Å². The molecule has 2 aromatic rings. The molecule has 1 aliphatic heterocycles. The van der Waals surface area contributed by atoms with Crippen molar-refractivity contribution in [3.05, 3.63) is 47.0 Å². The Morgan fingerprint density at radius 1 is 1.19 bits per heavy atom. The lowest BCUT2D eigenvalue weighted by atomic mass is 9.44. The van der Waals surface area contributed by atoms with E-state index in [1.807, 2.05) is 31.2 Å². The van der Waals surface area contributed by atoms with E-state index in [1.165, 1.54) is 0 Å². The van der Waals surface area contributed by atoms with Crippen LogP contribution in [0.3, 0.4) is 0 Å². The van der Waals surface area contributed by atoms with Crippen molar-refractivity contribution in [2.24, 2.45) is 0 Å². The van der Waals surface area contributed by atoms with Gasteiger partial charge in [0.15, 0.2) is 6.61 Å². The third-order valence-corrected chi connectivity index (χ3v) is 6.82. The highest BCUT2D eigenvalue weighted by atomic mass is 35.5. The molecule has 2 heterocycles. The van der Waals surface area contributed by atoms with Gasteiger partial charge < -0.3 is 25.0 Å². The maximum Gasteiger partial charge on any atom is 0.258 e. The van der Waals surface area contributed by atoms with Gasteiger partial charge in [-0.25, -0.2) is 4.98 Å². The molecule has 4 fully saturated rings. The first-order valence-corrected chi connectivity index (χ1v) is 11.1. The summed E-state index contributed by atoms with van der Waals surface area (Å²) in [5.41, 5.74) is 0.863. The van der Waals surface area contributed by atoms with E-state index in [0.29, 0.717) is 10.8 Å². The van der Waals surface area contributed by atoms with E-state index < -0.39 is 0 Å². The lowest BCUT2D eigenvalue weighted by Crippen LogP contribution is -2.81. The molecule has 0 spiro atoms. The van der Waals surface area contributed by atoms with E-state index >= 15 is 0 Å². The van der Waals surface area contributed by atoms with Gasteiger partial charge in [-0.1, -0.05) is 17.7 Å². The Morgan fingerprint density at radius 3 is 2.71 bits per heavy atom. The Balaban J connectivity index is 1.10. The molecule has 1 saturated heterocycles. The van der Waals surface area contributed by atoms with Crippen molar-refractivity contribution in [1.29, 1.82) is 0 Å². The molecule has 1 amide bonds. The number of pyridine rings is 1. The first kappa shape index (κ1) is 20.4. The molecule has 2 N–H and O–H groups in total. The van der Waals surface area contributed by atoms with Gasteiger partial charge in [0.25, 0.3) is 5.91 Å². The maximum absolute atomic E-state index is 12.4. The third-order valence-electron chi connectivity index (χ3n) is 6.40. The quantitative estimate of drug-likeness (QED) is 0.686. The van der Waals surface area contributed by atoms with Gasteiger partial charge >= 0.3 is 0 Å². The fourth-order valence-electron chi connectivity index (χ4n) is 4.97. The second kappa shape index (κ2) is 7.88. The minimum atomic E-state index is -0.106. The predicted molar refractivity (Wildman–Crippen MR) is 120 cm³/mol. The van der Waals surface area contributed by atoms with Crippen molar-refractivity contribution in [2.75, 3.05) is 43.1 Å². The number of ether oxygens (including phenoxy) is 2. The summed E-state index contributed by atoms with van der Waals surface area (Å²) in [4.78, 5) is 19.4. The van der Waals surface area contributed by atoms with Crippen LogP contribution < -0.4 is 20.3 Å². The summed E-state index contributed by atoms with van der Waals surface area (Å²) in [5, 5.41) is 7.45. The third kappa shape index (κ3) is 4.16. The Labute approximate surface area is 187 Å². The molecule has 7 nitrogen and oxygen atoms in total. The van der Waals surface area contributed by atoms with Crippen LogP contribution in [-0.2, 0) is 9.53 Å². The number of hydrogen-bond acceptors (Lipinski definition) is 6. The number of benzene rings is 1. The number of halogens is 1. The fourth-order valence-corrected chi connectivity index (χ4v) is 5.09. The molecule has 0 radical (unpaired) electrons. The molecule has 8 heteroatoms.